The van der Waals surface area contributed by atoms with Crippen LogP contribution in [0.25, 0.3) is 5.69 Å². The number of para-hydroxylation sites is 1. The number of rotatable bonds is 9. The predicted molar refractivity (Wildman–Crippen MR) is 142 cm³/mol. The Morgan fingerprint density at radius 1 is 1.00 bits per heavy atom. The molecule has 0 fully saturated rings. The molecule has 37 heavy (non-hydrogen) atoms. The molecule has 0 spiro atoms. The van der Waals surface area contributed by atoms with Gasteiger partial charge in [-0.3, -0.25) is 9.36 Å². The van der Waals surface area contributed by atoms with Gasteiger partial charge in [0, 0.05) is 5.69 Å². The molecule has 0 radical (unpaired) electrons. The summed E-state index contributed by atoms with van der Waals surface area (Å²) in [6.45, 7) is 3.80. The maximum atomic E-state index is 12.4. The Labute approximate surface area is 218 Å². The SMILES string of the molecule is COc1cc(C=NNC(=O)CSc2nnc(C)n2-c2ccccc2)ccc1OC(=O)c1ccc(C)cc1. The lowest BCUT2D eigenvalue weighted by atomic mass is 10.1. The van der Waals surface area contributed by atoms with Crippen molar-refractivity contribution in [1.29, 1.82) is 0 Å². The van der Waals surface area contributed by atoms with E-state index >= 15 is 0 Å². The molecule has 3 aromatic carbocycles. The normalized spacial score (nSPS) is 10.9. The number of aryl methyl sites for hydroxylation is 2. The minimum Gasteiger partial charge on any atom is -0.493 e. The summed E-state index contributed by atoms with van der Waals surface area (Å²) in [5.41, 5.74) is 5.57. The molecule has 0 saturated carbocycles. The van der Waals surface area contributed by atoms with Crippen LogP contribution in [0.3, 0.4) is 0 Å². The number of hydrogen-bond donors (Lipinski definition) is 1. The van der Waals surface area contributed by atoms with Crippen molar-refractivity contribution >= 4 is 29.9 Å². The number of nitrogens with zero attached hydrogens (tertiary/aromatic N) is 4. The quantitative estimate of drug-likeness (QED) is 0.116. The monoisotopic (exact) mass is 515 g/mol. The average Bonchev–Trinajstić information content (AvgIpc) is 3.29. The second kappa shape index (κ2) is 12.0. The molecule has 9 nitrogen and oxygen atoms in total. The third kappa shape index (κ3) is 6.62. The number of amides is 1. The van der Waals surface area contributed by atoms with Crippen molar-refractivity contribution in [3.63, 3.8) is 0 Å². The van der Waals surface area contributed by atoms with E-state index in [4.69, 9.17) is 9.47 Å². The molecule has 4 aromatic rings. The molecule has 0 bridgehead atoms. The highest BCUT2D eigenvalue weighted by molar-refractivity contribution is 7.99. The van der Waals surface area contributed by atoms with Crippen molar-refractivity contribution in [1.82, 2.24) is 20.2 Å². The van der Waals surface area contributed by atoms with Gasteiger partial charge in [-0.2, -0.15) is 5.10 Å². The van der Waals surface area contributed by atoms with Gasteiger partial charge in [-0.15, -0.1) is 10.2 Å². The number of ether oxygens (including phenoxy) is 2. The van der Waals surface area contributed by atoms with Gasteiger partial charge in [-0.05, 0) is 61.9 Å². The number of aromatic nitrogens is 3. The molecule has 188 valence electrons. The lowest BCUT2D eigenvalue weighted by Gasteiger charge is -2.10. The topological polar surface area (TPSA) is 108 Å². The van der Waals surface area contributed by atoms with E-state index in [1.54, 1.807) is 30.3 Å². The first kappa shape index (κ1) is 25.6. The lowest BCUT2D eigenvalue weighted by molar-refractivity contribution is -0.118. The van der Waals surface area contributed by atoms with Gasteiger partial charge in [0.2, 0.25) is 0 Å². The van der Waals surface area contributed by atoms with Crippen LogP contribution in [0.5, 0.6) is 11.5 Å². The molecule has 0 aliphatic rings. The van der Waals surface area contributed by atoms with Crippen LogP contribution in [0.1, 0.15) is 27.3 Å². The first-order valence-corrected chi connectivity index (χ1v) is 12.3. The number of thioether (sulfide) groups is 1. The van der Waals surface area contributed by atoms with E-state index in [1.165, 1.54) is 25.1 Å². The Morgan fingerprint density at radius 2 is 1.76 bits per heavy atom. The standard InChI is InChI=1S/C27H25N5O4S/c1-18-9-12-21(13-10-18)26(34)36-23-14-11-20(15-24(23)35-3)16-28-30-25(33)17-37-27-31-29-19(2)32(27)22-7-5-4-6-8-22/h4-16H,17H2,1-3H3,(H,30,33). The summed E-state index contributed by atoms with van der Waals surface area (Å²) in [6.07, 6.45) is 1.48. The fraction of sp³-hybridized carbons (Fsp3) is 0.148. The van der Waals surface area contributed by atoms with Gasteiger partial charge < -0.3 is 9.47 Å². The molecule has 0 unspecified atom stereocenters. The highest BCUT2D eigenvalue weighted by Crippen LogP contribution is 2.28. The Balaban J connectivity index is 1.33. The summed E-state index contributed by atoms with van der Waals surface area (Å²) in [5.74, 6) is 0.707. The summed E-state index contributed by atoms with van der Waals surface area (Å²) in [4.78, 5) is 24.8. The molecule has 0 aliphatic carbocycles. The van der Waals surface area contributed by atoms with Crippen LogP contribution in [0.15, 0.2) is 83.1 Å². The minimum atomic E-state index is -0.484. The van der Waals surface area contributed by atoms with Gasteiger partial charge in [-0.25, -0.2) is 10.2 Å². The summed E-state index contributed by atoms with van der Waals surface area (Å²) < 4.78 is 12.7. The van der Waals surface area contributed by atoms with E-state index in [2.05, 4.69) is 20.7 Å². The molecule has 1 aromatic heterocycles. The number of carbonyl (C=O) groups excluding carboxylic acids is 2. The number of carbonyl (C=O) groups is 2. The molecule has 10 heteroatoms. The molecule has 1 heterocycles. The van der Waals surface area contributed by atoms with Crippen molar-refractivity contribution in [2.24, 2.45) is 5.10 Å². The second-order valence-electron chi connectivity index (χ2n) is 7.95. The van der Waals surface area contributed by atoms with E-state index in [0.717, 1.165) is 17.1 Å². The molecular weight excluding hydrogens is 490 g/mol. The first-order chi connectivity index (χ1) is 17.9. The summed E-state index contributed by atoms with van der Waals surface area (Å²) >= 11 is 1.26. The summed E-state index contributed by atoms with van der Waals surface area (Å²) in [7, 11) is 1.48. The van der Waals surface area contributed by atoms with E-state index in [0.29, 0.717) is 22.0 Å². The van der Waals surface area contributed by atoms with Gasteiger partial charge in [0.1, 0.15) is 5.82 Å². The second-order valence-corrected chi connectivity index (χ2v) is 8.89. The number of hydrogen-bond acceptors (Lipinski definition) is 8. The molecule has 1 N–H and O–H groups in total. The predicted octanol–water partition coefficient (Wildman–Crippen LogP) is 4.35. The van der Waals surface area contributed by atoms with Crippen molar-refractivity contribution in [3.8, 4) is 17.2 Å². The van der Waals surface area contributed by atoms with Crippen LogP contribution in [0.2, 0.25) is 0 Å². The fourth-order valence-corrected chi connectivity index (χ4v) is 4.14. The zero-order chi connectivity index (χ0) is 26.2. The van der Waals surface area contributed by atoms with Crippen LogP contribution in [-0.2, 0) is 4.79 Å². The number of nitrogens with one attached hydrogen (secondary N) is 1. The molecule has 0 atom stereocenters. The largest absolute Gasteiger partial charge is 0.493 e. The number of esters is 1. The summed E-state index contributed by atoms with van der Waals surface area (Å²) in [5, 5.41) is 12.9. The van der Waals surface area contributed by atoms with E-state index in [-0.39, 0.29) is 17.4 Å². The highest BCUT2D eigenvalue weighted by atomic mass is 32.2. The van der Waals surface area contributed by atoms with E-state index < -0.39 is 5.97 Å². The zero-order valence-corrected chi connectivity index (χ0v) is 21.4. The Hall–Kier alpha value is -4.44. The third-order valence-electron chi connectivity index (χ3n) is 5.22. The van der Waals surface area contributed by atoms with Crippen LogP contribution in [0.4, 0.5) is 0 Å². The molecule has 0 saturated heterocycles. The minimum absolute atomic E-state index is 0.111. The van der Waals surface area contributed by atoms with Gasteiger partial charge in [0.25, 0.3) is 5.91 Å². The van der Waals surface area contributed by atoms with Gasteiger partial charge in [-0.1, -0.05) is 47.7 Å². The maximum absolute atomic E-state index is 12.4. The number of hydrazone groups is 1. The van der Waals surface area contributed by atoms with Gasteiger partial charge in [0.05, 0.1) is 24.6 Å². The number of methoxy groups -OCH3 is 1. The zero-order valence-electron chi connectivity index (χ0n) is 20.5. The van der Waals surface area contributed by atoms with Crippen LogP contribution in [0, 0.1) is 13.8 Å². The van der Waals surface area contributed by atoms with Crippen molar-refractivity contribution in [2.75, 3.05) is 12.9 Å². The van der Waals surface area contributed by atoms with Crippen molar-refractivity contribution in [3.05, 3.63) is 95.3 Å². The van der Waals surface area contributed by atoms with Crippen LogP contribution in [-0.4, -0.2) is 45.7 Å². The molecular formula is C27H25N5O4S. The van der Waals surface area contributed by atoms with Crippen molar-refractivity contribution in [2.45, 2.75) is 19.0 Å². The molecule has 0 aliphatic heterocycles. The Bertz CT molecular complexity index is 1420. The third-order valence-corrected chi connectivity index (χ3v) is 6.15. The van der Waals surface area contributed by atoms with E-state index in [9.17, 15) is 9.59 Å². The Morgan fingerprint density at radius 3 is 2.49 bits per heavy atom. The Kier molecular flexibility index (Phi) is 8.32. The van der Waals surface area contributed by atoms with Gasteiger partial charge in [0.15, 0.2) is 16.7 Å². The van der Waals surface area contributed by atoms with Crippen LogP contribution >= 0.6 is 11.8 Å². The summed E-state index contributed by atoms with van der Waals surface area (Å²) in [6, 6.07) is 21.8. The lowest BCUT2D eigenvalue weighted by Crippen LogP contribution is -2.20. The van der Waals surface area contributed by atoms with Crippen molar-refractivity contribution < 1.29 is 19.1 Å². The fourth-order valence-electron chi connectivity index (χ4n) is 3.35. The molecule has 1 amide bonds. The highest BCUT2D eigenvalue weighted by Gasteiger charge is 2.14. The van der Waals surface area contributed by atoms with Crippen LogP contribution < -0.4 is 14.9 Å². The number of benzene rings is 3. The average molecular weight is 516 g/mol. The maximum Gasteiger partial charge on any atom is 0.343 e. The van der Waals surface area contributed by atoms with E-state index in [1.807, 2.05) is 60.9 Å². The molecule has 4 rings (SSSR count). The van der Waals surface area contributed by atoms with Gasteiger partial charge >= 0.3 is 5.97 Å². The first-order valence-electron chi connectivity index (χ1n) is 11.3. The smallest absolute Gasteiger partial charge is 0.343 e.